The minimum Gasteiger partial charge on any atom is -0.353 e. The Kier molecular flexibility index (Phi) is 2.87. The van der Waals surface area contributed by atoms with Crippen LogP contribution in [0.1, 0.15) is 26.2 Å². The summed E-state index contributed by atoms with van der Waals surface area (Å²) in [4.78, 5) is 1.97. The lowest BCUT2D eigenvalue weighted by molar-refractivity contribution is -0.271. The molecule has 0 amide bonds. The van der Waals surface area contributed by atoms with Gasteiger partial charge in [0.05, 0.1) is 0 Å². The molecule has 0 bridgehead atoms. The first kappa shape index (κ1) is 8.97. The zero-order valence-electron chi connectivity index (χ0n) is 7.34. The van der Waals surface area contributed by atoms with Crippen LogP contribution in [0.25, 0.3) is 0 Å². The molecule has 0 saturated carbocycles. The fourth-order valence-electron chi connectivity index (χ4n) is 1.44. The van der Waals surface area contributed by atoms with Crippen molar-refractivity contribution in [2.24, 2.45) is 0 Å². The molecule has 0 unspecified atom stereocenters. The van der Waals surface area contributed by atoms with Gasteiger partial charge in [-0.1, -0.05) is 6.42 Å². The fourth-order valence-corrected chi connectivity index (χ4v) is 1.44. The fraction of sp³-hybridized carbons (Fsp3) is 1.00. The summed E-state index contributed by atoms with van der Waals surface area (Å²) in [5.74, 6) is -1.06. The van der Waals surface area contributed by atoms with Crippen LogP contribution in [-0.4, -0.2) is 36.1 Å². The highest BCUT2D eigenvalue weighted by Crippen LogP contribution is 2.18. The largest absolute Gasteiger partial charge is 0.353 e. The second kappa shape index (κ2) is 3.52. The average Bonchev–Trinajstić information content (AvgIpc) is 2.06. The summed E-state index contributed by atoms with van der Waals surface area (Å²) in [5.41, 5.74) is 0. The number of aliphatic hydroxyl groups is 1. The predicted octanol–water partition coefficient (Wildman–Crippen LogP) is 0.785. The summed E-state index contributed by atoms with van der Waals surface area (Å²) in [6.07, 6.45) is 3.61. The zero-order chi connectivity index (χ0) is 8.32. The molecule has 0 aromatic carbocycles. The third kappa shape index (κ3) is 2.15. The van der Waals surface area contributed by atoms with E-state index in [1.165, 1.54) is 26.4 Å². The first-order valence-electron chi connectivity index (χ1n) is 4.19. The third-order valence-corrected chi connectivity index (χ3v) is 2.33. The average molecular weight is 159 g/mol. The van der Waals surface area contributed by atoms with Crippen molar-refractivity contribution in [2.75, 3.05) is 20.2 Å². The second-order valence-corrected chi connectivity index (χ2v) is 3.19. The van der Waals surface area contributed by atoms with Gasteiger partial charge in [0.15, 0.2) is 0 Å². The van der Waals surface area contributed by atoms with E-state index in [4.69, 9.17) is 4.74 Å². The van der Waals surface area contributed by atoms with E-state index in [9.17, 15) is 5.11 Å². The van der Waals surface area contributed by atoms with Crippen molar-refractivity contribution in [3.63, 3.8) is 0 Å². The number of methoxy groups -OCH3 is 1. The van der Waals surface area contributed by atoms with Crippen molar-refractivity contribution in [3.8, 4) is 0 Å². The first-order valence-corrected chi connectivity index (χ1v) is 4.19. The Morgan fingerprint density at radius 3 is 2.27 bits per heavy atom. The van der Waals surface area contributed by atoms with E-state index >= 15 is 0 Å². The van der Waals surface area contributed by atoms with Crippen molar-refractivity contribution in [2.45, 2.75) is 32.1 Å². The summed E-state index contributed by atoms with van der Waals surface area (Å²) >= 11 is 0. The maximum atomic E-state index is 9.65. The van der Waals surface area contributed by atoms with Crippen molar-refractivity contribution in [1.82, 2.24) is 4.90 Å². The summed E-state index contributed by atoms with van der Waals surface area (Å²) in [6.45, 7) is 3.58. The van der Waals surface area contributed by atoms with Crippen LogP contribution >= 0.6 is 0 Å². The number of likely N-dealkylation sites (tertiary alicyclic amines) is 1. The highest BCUT2D eigenvalue weighted by atomic mass is 16.6. The topological polar surface area (TPSA) is 32.7 Å². The maximum Gasteiger partial charge on any atom is 0.224 e. The molecule has 1 atom stereocenters. The molecule has 0 spiro atoms. The Morgan fingerprint density at radius 1 is 1.27 bits per heavy atom. The highest BCUT2D eigenvalue weighted by Gasteiger charge is 2.29. The van der Waals surface area contributed by atoms with E-state index < -0.39 is 5.91 Å². The van der Waals surface area contributed by atoms with Gasteiger partial charge in [0.1, 0.15) is 0 Å². The second-order valence-electron chi connectivity index (χ2n) is 3.19. The summed E-state index contributed by atoms with van der Waals surface area (Å²) in [7, 11) is 1.54. The van der Waals surface area contributed by atoms with Crippen molar-refractivity contribution in [3.05, 3.63) is 0 Å². The van der Waals surface area contributed by atoms with Crippen LogP contribution in [0.5, 0.6) is 0 Å². The number of rotatable bonds is 2. The van der Waals surface area contributed by atoms with Crippen LogP contribution < -0.4 is 0 Å². The first-order chi connectivity index (χ1) is 5.17. The number of hydrogen-bond acceptors (Lipinski definition) is 3. The van der Waals surface area contributed by atoms with E-state index in [1.54, 1.807) is 6.92 Å². The molecule has 3 heteroatoms. The van der Waals surface area contributed by atoms with Crippen LogP contribution in [0.3, 0.4) is 0 Å². The third-order valence-electron chi connectivity index (χ3n) is 2.33. The van der Waals surface area contributed by atoms with Gasteiger partial charge in [-0.3, -0.25) is 4.90 Å². The normalized spacial score (nSPS) is 26.5. The number of ether oxygens (including phenoxy) is 1. The van der Waals surface area contributed by atoms with Gasteiger partial charge in [0.25, 0.3) is 0 Å². The van der Waals surface area contributed by atoms with E-state index in [2.05, 4.69) is 0 Å². The van der Waals surface area contributed by atoms with Crippen LogP contribution in [0, 0.1) is 0 Å². The van der Waals surface area contributed by atoms with Gasteiger partial charge in [-0.15, -0.1) is 0 Å². The summed E-state index contributed by atoms with van der Waals surface area (Å²) < 4.78 is 4.96. The van der Waals surface area contributed by atoms with Crippen molar-refractivity contribution in [1.29, 1.82) is 0 Å². The van der Waals surface area contributed by atoms with Crippen molar-refractivity contribution >= 4 is 0 Å². The molecule has 3 nitrogen and oxygen atoms in total. The minimum atomic E-state index is -1.06. The summed E-state index contributed by atoms with van der Waals surface area (Å²) in [5, 5.41) is 9.65. The zero-order valence-corrected chi connectivity index (χ0v) is 7.34. The predicted molar refractivity (Wildman–Crippen MR) is 43.1 cm³/mol. The number of hydrogen-bond donors (Lipinski definition) is 1. The van der Waals surface area contributed by atoms with Gasteiger partial charge in [-0.25, -0.2) is 0 Å². The van der Waals surface area contributed by atoms with Crippen LogP contribution in [0.15, 0.2) is 0 Å². The Bertz CT molecular complexity index is 119. The van der Waals surface area contributed by atoms with E-state index in [1.807, 2.05) is 4.90 Å². The number of nitrogens with zero attached hydrogens (tertiary/aromatic N) is 1. The Balaban J connectivity index is 2.43. The van der Waals surface area contributed by atoms with Gasteiger partial charge in [0.2, 0.25) is 5.91 Å². The van der Waals surface area contributed by atoms with Gasteiger partial charge in [0, 0.05) is 27.1 Å². The molecule has 1 aliphatic heterocycles. The summed E-state index contributed by atoms with van der Waals surface area (Å²) in [6, 6.07) is 0. The molecular weight excluding hydrogens is 142 g/mol. The molecule has 0 radical (unpaired) electrons. The lowest BCUT2D eigenvalue weighted by Crippen LogP contribution is -2.50. The molecule has 1 heterocycles. The molecule has 1 aliphatic rings. The van der Waals surface area contributed by atoms with Gasteiger partial charge in [-0.05, 0) is 12.8 Å². The van der Waals surface area contributed by atoms with E-state index in [-0.39, 0.29) is 0 Å². The molecule has 0 aliphatic carbocycles. The molecule has 11 heavy (non-hydrogen) atoms. The maximum absolute atomic E-state index is 9.65. The van der Waals surface area contributed by atoms with Gasteiger partial charge >= 0.3 is 0 Å². The SMILES string of the molecule is CO[C@@](C)(O)N1CCCCC1. The monoisotopic (exact) mass is 159 g/mol. The molecular formula is C8H17NO2. The standard InChI is InChI=1S/C8H17NO2/c1-8(10,11-2)9-6-4-3-5-7-9/h10H,3-7H2,1-2H3/t8-/m1/s1. The van der Waals surface area contributed by atoms with Gasteiger partial charge < -0.3 is 9.84 Å². The highest BCUT2D eigenvalue weighted by molar-refractivity contribution is 4.69. The van der Waals surface area contributed by atoms with Crippen LogP contribution in [0.4, 0.5) is 0 Å². The molecule has 66 valence electrons. The smallest absolute Gasteiger partial charge is 0.224 e. The van der Waals surface area contributed by atoms with E-state index in [0.29, 0.717) is 0 Å². The molecule has 1 saturated heterocycles. The Hall–Kier alpha value is -0.120. The lowest BCUT2D eigenvalue weighted by Gasteiger charge is -2.37. The molecule has 1 rings (SSSR count). The van der Waals surface area contributed by atoms with Crippen LogP contribution in [0.2, 0.25) is 0 Å². The Morgan fingerprint density at radius 2 is 1.82 bits per heavy atom. The van der Waals surface area contributed by atoms with E-state index in [0.717, 1.165) is 13.1 Å². The minimum absolute atomic E-state index is 0.945. The molecule has 1 fully saturated rings. The van der Waals surface area contributed by atoms with Gasteiger partial charge in [-0.2, -0.15) is 0 Å². The molecule has 1 N–H and O–H groups in total. The lowest BCUT2D eigenvalue weighted by atomic mass is 10.1. The number of piperidine rings is 1. The molecule has 0 aromatic heterocycles. The Labute approximate surface area is 68.0 Å². The molecule has 0 aromatic rings. The van der Waals surface area contributed by atoms with Crippen molar-refractivity contribution < 1.29 is 9.84 Å². The van der Waals surface area contributed by atoms with Crippen LogP contribution in [-0.2, 0) is 4.74 Å². The quantitative estimate of drug-likeness (QED) is 0.604.